The highest BCUT2D eigenvalue weighted by Gasteiger charge is 2.06. The number of anilines is 1. The molecule has 0 aliphatic rings. The number of rotatable bonds is 4. The van der Waals surface area contributed by atoms with Crippen molar-refractivity contribution in [1.29, 1.82) is 0 Å². The minimum absolute atomic E-state index is 0.0226. The highest BCUT2D eigenvalue weighted by atomic mass is 16.1. The van der Waals surface area contributed by atoms with E-state index < -0.39 is 0 Å². The fourth-order valence-corrected chi connectivity index (χ4v) is 1.12. The van der Waals surface area contributed by atoms with Crippen molar-refractivity contribution in [3.8, 4) is 0 Å². The summed E-state index contributed by atoms with van der Waals surface area (Å²) in [7, 11) is 0. The second kappa shape index (κ2) is 5.40. The summed E-state index contributed by atoms with van der Waals surface area (Å²) in [6.45, 7) is 1.97. The van der Waals surface area contributed by atoms with Crippen molar-refractivity contribution in [2.75, 3.05) is 5.32 Å². The number of para-hydroxylation sites is 1. The van der Waals surface area contributed by atoms with Crippen molar-refractivity contribution in [2.45, 2.75) is 25.8 Å². The zero-order valence-electron chi connectivity index (χ0n) is 8.36. The summed E-state index contributed by atoms with van der Waals surface area (Å²) in [6, 6.07) is 9.35. The Morgan fingerprint density at radius 2 is 2.07 bits per heavy atom. The first-order valence-electron chi connectivity index (χ1n) is 4.83. The van der Waals surface area contributed by atoms with E-state index in [1.807, 2.05) is 37.3 Å². The topological polar surface area (TPSA) is 55.1 Å². The van der Waals surface area contributed by atoms with Crippen molar-refractivity contribution in [1.82, 2.24) is 0 Å². The first-order chi connectivity index (χ1) is 6.72. The van der Waals surface area contributed by atoms with E-state index in [0.717, 1.165) is 12.1 Å². The van der Waals surface area contributed by atoms with E-state index in [0.29, 0.717) is 6.42 Å². The summed E-state index contributed by atoms with van der Waals surface area (Å²) >= 11 is 0. The normalized spacial score (nSPS) is 12.1. The first kappa shape index (κ1) is 10.7. The van der Waals surface area contributed by atoms with Gasteiger partial charge in [0.15, 0.2) is 0 Å². The third kappa shape index (κ3) is 3.58. The van der Waals surface area contributed by atoms with Crippen molar-refractivity contribution in [3.05, 3.63) is 30.3 Å². The molecule has 0 saturated carbocycles. The zero-order valence-corrected chi connectivity index (χ0v) is 8.36. The first-order valence-corrected chi connectivity index (χ1v) is 4.83. The number of nitrogens with one attached hydrogen (secondary N) is 1. The van der Waals surface area contributed by atoms with Gasteiger partial charge in [0, 0.05) is 18.2 Å². The number of carbonyl (C=O) groups is 1. The summed E-state index contributed by atoms with van der Waals surface area (Å²) in [5.74, 6) is -0.0226. The van der Waals surface area contributed by atoms with Gasteiger partial charge in [-0.1, -0.05) is 25.1 Å². The van der Waals surface area contributed by atoms with E-state index >= 15 is 0 Å². The van der Waals surface area contributed by atoms with Gasteiger partial charge in [0.05, 0.1) is 0 Å². The smallest absolute Gasteiger partial charge is 0.225 e. The third-order valence-corrected chi connectivity index (χ3v) is 2.03. The van der Waals surface area contributed by atoms with Crippen LogP contribution >= 0.6 is 0 Å². The number of hydrogen-bond donors (Lipinski definition) is 2. The Labute approximate surface area is 84.3 Å². The summed E-state index contributed by atoms with van der Waals surface area (Å²) in [6.07, 6.45) is 1.20. The Hall–Kier alpha value is -1.35. The van der Waals surface area contributed by atoms with Gasteiger partial charge >= 0.3 is 0 Å². The Kier molecular flexibility index (Phi) is 4.13. The molecule has 1 rings (SSSR count). The van der Waals surface area contributed by atoms with Crippen LogP contribution in [0.3, 0.4) is 0 Å². The molecule has 1 aromatic carbocycles. The second-order valence-electron chi connectivity index (χ2n) is 3.29. The van der Waals surface area contributed by atoms with E-state index in [1.54, 1.807) is 0 Å². The molecule has 1 aromatic rings. The number of carbonyl (C=O) groups excluding carboxylic acids is 1. The lowest BCUT2D eigenvalue weighted by Crippen LogP contribution is -2.26. The lowest BCUT2D eigenvalue weighted by atomic mass is 10.1. The van der Waals surface area contributed by atoms with E-state index in [-0.39, 0.29) is 11.9 Å². The average Bonchev–Trinajstić information content (AvgIpc) is 2.19. The van der Waals surface area contributed by atoms with Crippen LogP contribution in [0.25, 0.3) is 0 Å². The molecule has 0 spiro atoms. The lowest BCUT2D eigenvalue weighted by Gasteiger charge is -2.08. The number of benzene rings is 1. The average molecular weight is 192 g/mol. The van der Waals surface area contributed by atoms with Crippen molar-refractivity contribution in [2.24, 2.45) is 5.73 Å². The molecule has 0 unspecified atom stereocenters. The van der Waals surface area contributed by atoms with Gasteiger partial charge in [-0.05, 0) is 18.6 Å². The Balaban J connectivity index is 2.42. The minimum atomic E-state index is -0.0429. The van der Waals surface area contributed by atoms with Gasteiger partial charge in [0.25, 0.3) is 0 Å². The summed E-state index contributed by atoms with van der Waals surface area (Å²) in [5, 5.41) is 2.79. The number of nitrogens with two attached hydrogens (primary N) is 1. The molecule has 0 radical (unpaired) electrons. The van der Waals surface area contributed by atoms with Crippen molar-refractivity contribution >= 4 is 11.6 Å². The molecule has 76 valence electrons. The fraction of sp³-hybridized carbons (Fsp3) is 0.364. The Morgan fingerprint density at radius 1 is 1.43 bits per heavy atom. The Morgan fingerprint density at radius 3 is 2.64 bits per heavy atom. The molecule has 0 saturated heterocycles. The van der Waals surface area contributed by atoms with E-state index in [4.69, 9.17) is 5.73 Å². The van der Waals surface area contributed by atoms with Crippen LogP contribution in [0.5, 0.6) is 0 Å². The van der Waals surface area contributed by atoms with Gasteiger partial charge in [0.2, 0.25) is 5.91 Å². The number of amides is 1. The zero-order chi connectivity index (χ0) is 10.4. The summed E-state index contributed by atoms with van der Waals surface area (Å²) < 4.78 is 0. The largest absolute Gasteiger partial charge is 0.327 e. The molecular weight excluding hydrogens is 176 g/mol. The maximum Gasteiger partial charge on any atom is 0.225 e. The molecule has 3 nitrogen and oxygen atoms in total. The van der Waals surface area contributed by atoms with Crippen LogP contribution in [-0.2, 0) is 4.79 Å². The highest BCUT2D eigenvalue weighted by molar-refractivity contribution is 5.90. The second-order valence-corrected chi connectivity index (χ2v) is 3.29. The van der Waals surface area contributed by atoms with Crippen molar-refractivity contribution in [3.63, 3.8) is 0 Å². The SMILES string of the molecule is CC[C@@H](N)CC(=O)Nc1ccccc1. The highest BCUT2D eigenvalue weighted by Crippen LogP contribution is 2.06. The molecule has 1 atom stereocenters. The molecule has 0 heterocycles. The molecular formula is C11H16N2O. The van der Waals surface area contributed by atoms with E-state index in [1.165, 1.54) is 0 Å². The maximum atomic E-state index is 11.4. The fourth-order valence-electron chi connectivity index (χ4n) is 1.12. The Bertz CT molecular complexity index is 285. The van der Waals surface area contributed by atoms with Gasteiger partial charge in [0.1, 0.15) is 0 Å². The lowest BCUT2D eigenvalue weighted by molar-refractivity contribution is -0.116. The minimum Gasteiger partial charge on any atom is -0.327 e. The van der Waals surface area contributed by atoms with Crippen LogP contribution in [0.2, 0.25) is 0 Å². The summed E-state index contributed by atoms with van der Waals surface area (Å²) in [5.41, 5.74) is 6.49. The monoisotopic (exact) mass is 192 g/mol. The molecule has 0 aliphatic heterocycles. The molecule has 0 fully saturated rings. The molecule has 1 amide bonds. The van der Waals surface area contributed by atoms with Gasteiger partial charge in [-0.2, -0.15) is 0 Å². The van der Waals surface area contributed by atoms with Crippen LogP contribution in [0, 0.1) is 0 Å². The van der Waals surface area contributed by atoms with E-state index in [2.05, 4.69) is 5.32 Å². The molecule has 0 aliphatic carbocycles. The molecule has 0 aromatic heterocycles. The predicted molar refractivity (Wildman–Crippen MR) is 58.0 cm³/mol. The van der Waals surface area contributed by atoms with Gasteiger partial charge in [-0.3, -0.25) is 4.79 Å². The van der Waals surface area contributed by atoms with Gasteiger partial charge < -0.3 is 11.1 Å². The number of hydrogen-bond acceptors (Lipinski definition) is 2. The standard InChI is InChI=1S/C11H16N2O/c1-2-9(12)8-11(14)13-10-6-4-3-5-7-10/h3-7,9H,2,8,12H2,1H3,(H,13,14)/t9-/m1/s1. The molecule has 3 N–H and O–H groups in total. The van der Waals surface area contributed by atoms with Gasteiger partial charge in [-0.15, -0.1) is 0 Å². The third-order valence-electron chi connectivity index (χ3n) is 2.03. The van der Waals surface area contributed by atoms with Crippen LogP contribution < -0.4 is 11.1 Å². The molecule has 0 bridgehead atoms. The van der Waals surface area contributed by atoms with Crippen LogP contribution in [0.15, 0.2) is 30.3 Å². The summed E-state index contributed by atoms with van der Waals surface area (Å²) in [4.78, 5) is 11.4. The van der Waals surface area contributed by atoms with E-state index in [9.17, 15) is 4.79 Å². The van der Waals surface area contributed by atoms with Crippen LogP contribution in [0.4, 0.5) is 5.69 Å². The molecule has 14 heavy (non-hydrogen) atoms. The van der Waals surface area contributed by atoms with Gasteiger partial charge in [-0.25, -0.2) is 0 Å². The van der Waals surface area contributed by atoms with Crippen LogP contribution in [0.1, 0.15) is 19.8 Å². The van der Waals surface area contributed by atoms with Crippen molar-refractivity contribution < 1.29 is 4.79 Å². The predicted octanol–water partition coefficient (Wildman–Crippen LogP) is 1.75. The quantitative estimate of drug-likeness (QED) is 0.763. The van der Waals surface area contributed by atoms with Crippen LogP contribution in [-0.4, -0.2) is 11.9 Å². The molecule has 3 heteroatoms. The maximum absolute atomic E-state index is 11.4.